The molecule has 2 aromatic rings. The molecule has 0 N–H and O–H groups in total. The molecule has 94 valence electrons. The van der Waals surface area contributed by atoms with E-state index in [0.29, 0.717) is 10.9 Å². The molecule has 0 spiro atoms. The van der Waals surface area contributed by atoms with E-state index < -0.39 is 10.8 Å². The number of ether oxygens (including phenoxy) is 1. The summed E-state index contributed by atoms with van der Waals surface area (Å²) in [6.45, 7) is 3.76. The Morgan fingerprint density at radius 3 is 2.33 bits per heavy atom. The van der Waals surface area contributed by atoms with Gasteiger partial charge in [0.15, 0.2) is 5.03 Å². The van der Waals surface area contributed by atoms with Crippen molar-refractivity contribution in [1.29, 1.82) is 0 Å². The highest BCUT2D eigenvalue weighted by molar-refractivity contribution is 7.85. The fraction of sp³-hybridized carbons (Fsp3) is 0.231. The van der Waals surface area contributed by atoms with Crippen molar-refractivity contribution in [3.05, 3.63) is 41.5 Å². The van der Waals surface area contributed by atoms with Crippen LogP contribution < -0.4 is 4.74 Å². The molecule has 0 aliphatic rings. The van der Waals surface area contributed by atoms with Crippen molar-refractivity contribution in [2.24, 2.45) is 0 Å². The van der Waals surface area contributed by atoms with Crippen molar-refractivity contribution >= 4 is 10.8 Å². The summed E-state index contributed by atoms with van der Waals surface area (Å²) in [5.74, 6) is 0.473. The SMILES string of the molecule is COc1nnc(S(=O)c2ccccc2)c(C)c1C. The molecule has 1 atom stereocenters. The third-order valence-corrected chi connectivity index (χ3v) is 4.20. The molecule has 0 amide bonds. The van der Waals surface area contributed by atoms with Crippen LogP contribution in [-0.2, 0) is 10.8 Å². The number of aromatic nitrogens is 2. The molecule has 2 rings (SSSR count). The summed E-state index contributed by atoms with van der Waals surface area (Å²) in [5, 5.41) is 8.44. The molecule has 4 nitrogen and oxygen atoms in total. The topological polar surface area (TPSA) is 52.1 Å². The van der Waals surface area contributed by atoms with E-state index in [0.717, 1.165) is 16.0 Å². The van der Waals surface area contributed by atoms with Crippen molar-refractivity contribution < 1.29 is 8.95 Å². The first kappa shape index (κ1) is 12.7. The molecule has 0 aliphatic carbocycles. The van der Waals surface area contributed by atoms with Crippen LogP contribution in [0, 0.1) is 13.8 Å². The molecule has 1 unspecified atom stereocenters. The van der Waals surface area contributed by atoms with Gasteiger partial charge in [-0.2, -0.15) is 0 Å². The smallest absolute Gasteiger partial charge is 0.236 e. The Hall–Kier alpha value is -1.75. The summed E-state index contributed by atoms with van der Waals surface area (Å²) in [6, 6.07) is 9.23. The van der Waals surface area contributed by atoms with E-state index in [-0.39, 0.29) is 0 Å². The van der Waals surface area contributed by atoms with Crippen molar-refractivity contribution in [2.75, 3.05) is 7.11 Å². The van der Waals surface area contributed by atoms with Gasteiger partial charge in [-0.25, -0.2) is 4.21 Å². The summed E-state index contributed by atoms with van der Waals surface area (Å²) in [4.78, 5) is 0.722. The van der Waals surface area contributed by atoms with E-state index in [1.807, 2.05) is 44.2 Å². The highest BCUT2D eigenvalue weighted by Crippen LogP contribution is 2.23. The van der Waals surface area contributed by atoms with E-state index in [9.17, 15) is 4.21 Å². The fourth-order valence-electron chi connectivity index (χ4n) is 1.59. The average molecular weight is 262 g/mol. The molecule has 0 bridgehead atoms. The van der Waals surface area contributed by atoms with Gasteiger partial charge in [-0.05, 0) is 31.5 Å². The molecule has 5 heteroatoms. The van der Waals surface area contributed by atoms with Crippen LogP contribution in [0.5, 0.6) is 5.88 Å². The van der Waals surface area contributed by atoms with Crippen LogP contribution in [0.4, 0.5) is 0 Å². The minimum atomic E-state index is -1.31. The van der Waals surface area contributed by atoms with Gasteiger partial charge in [0, 0.05) is 10.5 Å². The van der Waals surface area contributed by atoms with E-state index in [1.54, 1.807) is 7.11 Å². The second-order valence-electron chi connectivity index (χ2n) is 3.85. The van der Waals surface area contributed by atoms with Crippen LogP contribution >= 0.6 is 0 Å². The number of hydrogen-bond donors (Lipinski definition) is 0. The summed E-state index contributed by atoms with van der Waals surface area (Å²) in [7, 11) is 0.238. The first-order valence-corrected chi connectivity index (χ1v) is 6.65. The van der Waals surface area contributed by atoms with Gasteiger partial charge >= 0.3 is 0 Å². The number of nitrogens with zero attached hydrogens (tertiary/aromatic N) is 2. The third kappa shape index (κ3) is 2.26. The third-order valence-electron chi connectivity index (χ3n) is 2.76. The molecule has 0 saturated heterocycles. The van der Waals surface area contributed by atoms with Crippen LogP contribution in [0.2, 0.25) is 0 Å². The molecular formula is C13H14N2O2S. The Morgan fingerprint density at radius 2 is 1.72 bits per heavy atom. The minimum Gasteiger partial charge on any atom is -0.480 e. The van der Waals surface area contributed by atoms with Gasteiger partial charge < -0.3 is 4.74 Å². The predicted octanol–water partition coefficient (Wildman–Crippen LogP) is 2.27. The minimum absolute atomic E-state index is 0.473. The zero-order valence-corrected chi connectivity index (χ0v) is 11.3. The summed E-state index contributed by atoms with van der Waals surface area (Å²) < 4.78 is 17.5. The second kappa shape index (κ2) is 5.27. The van der Waals surface area contributed by atoms with Crippen LogP contribution in [0.3, 0.4) is 0 Å². The summed E-state index contributed by atoms with van der Waals surface area (Å²) in [6.07, 6.45) is 0. The maximum Gasteiger partial charge on any atom is 0.236 e. The van der Waals surface area contributed by atoms with Crippen molar-refractivity contribution in [1.82, 2.24) is 10.2 Å². The first-order valence-electron chi connectivity index (χ1n) is 5.50. The Morgan fingerprint density at radius 1 is 1.06 bits per heavy atom. The van der Waals surface area contributed by atoms with Crippen LogP contribution in [0.15, 0.2) is 40.3 Å². The van der Waals surface area contributed by atoms with E-state index in [2.05, 4.69) is 10.2 Å². The monoisotopic (exact) mass is 262 g/mol. The lowest BCUT2D eigenvalue weighted by Crippen LogP contribution is -2.05. The lowest BCUT2D eigenvalue weighted by molar-refractivity contribution is 0.385. The Kier molecular flexibility index (Phi) is 3.72. The highest BCUT2D eigenvalue weighted by Gasteiger charge is 2.16. The number of benzene rings is 1. The lowest BCUT2D eigenvalue weighted by Gasteiger charge is -2.09. The second-order valence-corrected chi connectivity index (χ2v) is 5.24. The first-order chi connectivity index (χ1) is 8.65. The Bertz CT molecular complexity index is 585. The molecule has 1 aromatic heterocycles. The van der Waals surface area contributed by atoms with Gasteiger partial charge in [0.2, 0.25) is 5.88 Å². The van der Waals surface area contributed by atoms with Gasteiger partial charge in [0.25, 0.3) is 0 Å². The Balaban J connectivity index is 2.47. The zero-order chi connectivity index (χ0) is 13.1. The molecular weight excluding hydrogens is 248 g/mol. The van der Waals surface area contributed by atoms with E-state index >= 15 is 0 Å². The molecule has 1 heterocycles. The van der Waals surface area contributed by atoms with Crippen molar-refractivity contribution in [3.8, 4) is 5.88 Å². The van der Waals surface area contributed by atoms with Crippen molar-refractivity contribution in [3.63, 3.8) is 0 Å². The molecule has 0 radical (unpaired) electrons. The van der Waals surface area contributed by atoms with E-state index in [4.69, 9.17) is 4.74 Å². The number of rotatable bonds is 3. The molecule has 0 aliphatic heterocycles. The quantitative estimate of drug-likeness (QED) is 0.851. The van der Waals surface area contributed by atoms with Crippen molar-refractivity contribution in [2.45, 2.75) is 23.8 Å². The van der Waals surface area contributed by atoms with E-state index in [1.165, 1.54) is 0 Å². The maximum atomic E-state index is 12.4. The molecule has 0 saturated carbocycles. The van der Waals surface area contributed by atoms with Gasteiger partial charge in [-0.1, -0.05) is 18.2 Å². The molecule has 18 heavy (non-hydrogen) atoms. The standard InChI is InChI=1S/C13H14N2O2S/c1-9-10(2)13(15-14-12(9)17-3)18(16)11-7-5-4-6-8-11/h4-8H,1-3H3. The van der Waals surface area contributed by atoms with Crippen LogP contribution in [0.25, 0.3) is 0 Å². The largest absolute Gasteiger partial charge is 0.480 e. The highest BCUT2D eigenvalue weighted by atomic mass is 32.2. The zero-order valence-electron chi connectivity index (χ0n) is 10.5. The fourth-order valence-corrected chi connectivity index (χ4v) is 2.76. The maximum absolute atomic E-state index is 12.4. The lowest BCUT2D eigenvalue weighted by atomic mass is 10.2. The van der Waals surface area contributed by atoms with Gasteiger partial charge in [0.05, 0.1) is 7.11 Å². The molecule has 0 fully saturated rings. The Labute approximate surface area is 108 Å². The average Bonchev–Trinajstić information content (AvgIpc) is 2.42. The van der Waals surface area contributed by atoms with Gasteiger partial charge in [-0.3, -0.25) is 0 Å². The van der Waals surface area contributed by atoms with Gasteiger partial charge in [0.1, 0.15) is 10.8 Å². The number of methoxy groups -OCH3 is 1. The summed E-state index contributed by atoms with van der Waals surface area (Å²) in [5.41, 5.74) is 1.72. The molecule has 1 aromatic carbocycles. The predicted molar refractivity (Wildman–Crippen MR) is 69.2 cm³/mol. The van der Waals surface area contributed by atoms with Crippen LogP contribution in [-0.4, -0.2) is 21.5 Å². The summed E-state index contributed by atoms with van der Waals surface area (Å²) >= 11 is 0. The van der Waals surface area contributed by atoms with Gasteiger partial charge in [-0.15, -0.1) is 10.2 Å². The van der Waals surface area contributed by atoms with Crippen LogP contribution in [0.1, 0.15) is 11.1 Å². The normalized spacial score (nSPS) is 12.2. The number of hydrogen-bond acceptors (Lipinski definition) is 4.